The molecule has 11 aromatic rings. The van der Waals surface area contributed by atoms with Crippen molar-refractivity contribution >= 4 is 60.5 Å². The van der Waals surface area contributed by atoms with Crippen LogP contribution in [0.5, 0.6) is 11.5 Å². The van der Waals surface area contributed by atoms with Crippen molar-refractivity contribution in [1.82, 2.24) is 14.5 Å². The largest absolute Gasteiger partial charge is 0.453 e. The van der Waals surface area contributed by atoms with E-state index in [2.05, 4.69) is 185 Å². The molecule has 0 saturated carbocycles. The summed E-state index contributed by atoms with van der Waals surface area (Å²) in [6.07, 6.45) is 0. The van der Waals surface area contributed by atoms with Gasteiger partial charge in [0.25, 0.3) is 0 Å². The maximum Gasteiger partial charge on any atom is 0.235 e. The Hall–Kier alpha value is -8.02. The van der Waals surface area contributed by atoms with Gasteiger partial charge in [0.1, 0.15) is 0 Å². The number of hydrogen-bond donors (Lipinski definition) is 0. The van der Waals surface area contributed by atoms with E-state index in [9.17, 15) is 0 Å². The lowest BCUT2D eigenvalue weighted by molar-refractivity contribution is 0.477. The van der Waals surface area contributed by atoms with Gasteiger partial charge in [-0.1, -0.05) is 152 Å². The first-order chi connectivity index (χ1) is 29.2. The van der Waals surface area contributed by atoms with E-state index < -0.39 is 0 Å². The number of benzene rings is 9. The van der Waals surface area contributed by atoms with Gasteiger partial charge in [0.05, 0.1) is 33.6 Å². The Balaban J connectivity index is 0.982. The molecule has 59 heavy (non-hydrogen) atoms. The van der Waals surface area contributed by atoms with E-state index in [1.807, 2.05) is 30.3 Å². The highest BCUT2D eigenvalue weighted by Gasteiger charge is 2.26. The first kappa shape index (κ1) is 33.2. The molecule has 5 heteroatoms. The summed E-state index contributed by atoms with van der Waals surface area (Å²) in [5.74, 6) is 2.31. The van der Waals surface area contributed by atoms with Crippen LogP contribution in [0.3, 0.4) is 0 Å². The van der Waals surface area contributed by atoms with E-state index >= 15 is 0 Å². The van der Waals surface area contributed by atoms with Crippen molar-refractivity contribution in [1.29, 1.82) is 0 Å². The molecular weight excluding hydrogens is 721 g/mol. The van der Waals surface area contributed by atoms with Crippen LogP contribution >= 0.6 is 0 Å². The van der Waals surface area contributed by atoms with E-state index in [1.54, 1.807) is 0 Å². The highest BCUT2D eigenvalue weighted by molar-refractivity contribution is 6.21. The zero-order valence-electron chi connectivity index (χ0n) is 31.8. The van der Waals surface area contributed by atoms with Gasteiger partial charge in [-0.3, -0.25) is 4.57 Å². The number of para-hydroxylation sites is 4. The number of fused-ring (bicyclic) bond motifs is 8. The van der Waals surface area contributed by atoms with Gasteiger partial charge in [0.2, 0.25) is 5.95 Å². The Kier molecular flexibility index (Phi) is 7.47. The molecule has 0 saturated heterocycles. The fraction of sp³-hybridized carbons (Fsp3) is 0. The molecule has 0 aliphatic carbocycles. The Morgan fingerprint density at radius 3 is 1.86 bits per heavy atom. The van der Waals surface area contributed by atoms with Crippen LogP contribution in [-0.4, -0.2) is 14.5 Å². The zero-order valence-corrected chi connectivity index (χ0v) is 31.8. The van der Waals surface area contributed by atoms with E-state index in [0.29, 0.717) is 5.95 Å². The maximum atomic E-state index is 6.53. The van der Waals surface area contributed by atoms with E-state index in [0.717, 1.165) is 89.4 Å². The van der Waals surface area contributed by atoms with Gasteiger partial charge in [-0.15, -0.1) is 0 Å². The Morgan fingerprint density at radius 2 is 1.03 bits per heavy atom. The third-order valence-corrected chi connectivity index (χ3v) is 11.6. The summed E-state index contributed by atoms with van der Waals surface area (Å²) in [6.45, 7) is 0. The van der Waals surface area contributed by atoms with Gasteiger partial charge in [-0.2, -0.15) is 0 Å². The average molecular weight is 755 g/mol. The molecule has 0 fully saturated rings. The van der Waals surface area contributed by atoms with Gasteiger partial charge in [0, 0.05) is 27.4 Å². The molecule has 276 valence electrons. The van der Waals surface area contributed by atoms with Crippen LogP contribution < -0.4 is 9.64 Å². The number of rotatable bonds is 5. The van der Waals surface area contributed by atoms with Crippen LogP contribution in [0.25, 0.3) is 82.9 Å². The van der Waals surface area contributed by atoms with Crippen molar-refractivity contribution in [2.75, 3.05) is 4.90 Å². The van der Waals surface area contributed by atoms with Gasteiger partial charge >= 0.3 is 0 Å². The van der Waals surface area contributed by atoms with Crippen molar-refractivity contribution in [3.63, 3.8) is 0 Å². The second kappa shape index (κ2) is 13.3. The third kappa shape index (κ3) is 5.40. The molecule has 1 aliphatic rings. The summed E-state index contributed by atoms with van der Waals surface area (Å²) < 4.78 is 8.77. The molecular formula is C54H34N4O. The minimum atomic E-state index is 0.647. The fourth-order valence-electron chi connectivity index (χ4n) is 8.81. The maximum absolute atomic E-state index is 6.53. The molecule has 2 aromatic heterocycles. The number of nitrogens with zero attached hydrogens (tertiary/aromatic N) is 4. The average Bonchev–Trinajstić information content (AvgIpc) is 3.65. The molecule has 9 aromatic carbocycles. The molecule has 0 spiro atoms. The van der Waals surface area contributed by atoms with Crippen LogP contribution in [0, 0.1) is 0 Å². The quantitative estimate of drug-likeness (QED) is 0.175. The van der Waals surface area contributed by atoms with Crippen LogP contribution in [0.2, 0.25) is 0 Å². The normalized spacial score (nSPS) is 12.2. The summed E-state index contributed by atoms with van der Waals surface area (Å²) in [4.78, 5) is 12.8. The SMILES string of the molecule is c1ccc(-c2nc(-n3c4cc(-c5ccc(-c6ccc7c(c6)Oc6ccccc6N7c6ccccc6)cc5)ccc4c4c5ccccc5ccc43)nc3ccccc23)cc1. The zero-order chi connectivity index (χ0) is 38.9. The van der Waals surface area contributed by atoms with Crippen LogP contribution in [0.4, 0.5) is 17.1 Å². The van der Waals surface area contributed by atoms with E-state index in [4.69, 9.17) is 14.7 Å². The van der Waals surface area contributed by atoms with Crippen molar-refractivity contribution in [3.8, 4) is 51.0 Å². The summed E-state index contributed by atoms with van der Waals surface area (Å²) >= 11 is 0. The first-order valence-corrected chi connectivity index (χ1v) is 19.9. The highest BCUT2D eigenvalue weighted by Crippen LogP contribution is 2.51. The molecule has 1 aliphatic heterocycles. The van der Waals surface area contributed by atoms with Crippen LogP contribution in [-0.2, 0) is 0 Å². The van der Waals surface area contributed by atoms with Gasteiger partial charge in [-0.25, -0.2) is 9.97 Å². The predicted octanol–water partition coefficient (Wildman–Crippen LogP) is 14.5. The summed E-state index contributed by atoms with van der Waals surface area (Å²) in [5.41, 5.74) is 12.6. The highest BCUT2D eigenvalue weighted by atomic mass is 16.5. The smallest absolute Gasteiger partial charge is 0.235 e. The monoisotopic (exact) mass is 754 g/mol. The second-order valence-corrected chi connectivity index (χ2v) is 15.0. The number of anilines is 3. The molecule has 0 amide bonds. The third-order valence-electron chi connectivity index (χ3n) is 11.6. The van der Waals surface area contributed by atoms with Crippen molar-refractivity contribution in [2.45, 2.75) is 0 Å². The topological polar surface area (TPSA) is 43.2 Å². The molecule has 0 atom stereocenters. The van der Waals surface area contributed by atoms with Gasteiger partial charge < -0.3 is 9.64 Å². The number of hydrogen-bond acceptors (Lipinski definition) is 4. The molecule has 12 rings (SSSR count). The van der Waals surface area contributed by atoms with E-state index in [1.165, 1.54) is 16.2 Å². The summed E-state index contributed by atoms with van der Waals surface area (Å²) in [6, 6.07) is 72.5. The summed E-state index contributed by atoms with van der Waals surface area (Å²) in [5, 5.41) is 5.79. The molecule has 0 unspecified atom stereocenters. The van der Waals surface area contributed by atoms with E-state index in [-0.39, 0.29) is 0 Å². The summed E-state index contributed by atoms with van der Waals surface area (Å²) in [7, 11) is 0. The molecule has 0 radical (unpaired) electrons. The Bertz CT molecular complexity index is 3410. The van der Waals surface area contributed by atoms with Crippen molar-refractivity contribution in [2.24, 2.45) is 0 Å². The lowest BCUT2D eigenvalue weighted by atomic mass is 9.98. The van der Waals surface area contributed by atoms with Crippen LogP contribution in [0.15, 0.2) is 206 Å². The predicted molar refractivity (Wildman–Crippen MR) is 242 cm³/mol. The molecule has 3 heterocycles. The fourth-order valence-corrected chi connectivity index (χ4v) is 8.81. The number of aromatic nitrogens is 3. The molecule has 5 nitrogen and oxygen atoms in total. The van der Waals surface area contributed by atoms with Gasteiger partial charge in [0.15, 0.2) is 11.5 Å². The van der Waals surface area contributed by atoms with Gasteiger partial charge in [-0.05, 0) is 87.6 Å². The minimum Gasteiger partial charge on any atom is -0.453 e. The second-order valence-electron chi connectivity index (χ2n) is 15.0. The Labute approximate surface area is 340 Å². The van der Waals surface area contributed by atoms with Crippen molar-refractivity contribution in [3.05, 3.63) is 206 Å². The standard InChI is InChI=1S/C54H34N4O/c1-3-14-38(15-4-1)53-43-19-9-10-20-45(43)55-54(56-53)58-48-32-28-37-13-7-8-18-42(37)52(48)44-30-27-39(33-49(44)58)35-23-25-36(26-24-35)40-29-31-47-51(34-40)59-50-22-12-11-21-46(50)57(47)41-16-5-2-6-17-41/h1-34H. The Morgan fingerprint density at radius 1 is 0.390 bits per heavy atom. The lowest BCUT2D eigenvalue weighted by Gasteiger charge is -2.33. The van der Waals surface area contributed by atoms with Crippen LogP contribution in [0.1, 0.15) is 0 Å². The number of ether oxygens (including phenoxy) is 1. The first-order valence-electron chi connectivity index (χ1n) is 19.9. The molecule has 0 bridgehead atoms. The molecule has 0 N–H and O–H groups in total. The minimum absolute atomic E-state index is 0.647. The lowest BCUT2D eigenvalue weighted by Crippen LogP contribution is -2.15. The van der Waals surface area contributed by atoms with Crippen molar-refractivity contribution < 1.29 is 4.74 Å².